The molecule has 1 aromatic carbocycles. The highest BCUT2D eigenvalue weighted by Gasteiger charge is 2.09. The molecule has 1 heterocycles. The van der Waals surface area contributed by atoms with E-state index in [1.54, 1.807) is 12.3 Å². The summed E-state index contributed by atoms with van der Waals surface area (Å²) in [5, 5.41) is 2.69. The fourth-order valence-corrected chi connectivity index (χ4v) is 2.00. The summed E-state index contributed by atoms with van der Waals surface area (Å²) in [5.41, 5.74) is 1.85. The second-order valence-corrected chi connectivity index (χ2v) is 5.14. The predicted octanol–water partition coefficient (Wildman–Crippen LogP) is 3.71. The summed E-state index contributed by atoms with van der Waals surface area (Å²) in [6.45, 7) is 3.11. The number of amides is 1. The standard InChI is InChI=1S/C17H20FN3O/c1-3-4-11-21(2)15-9-10-16(19-12-15)17(22)20-14-7-5-13(18)6-8-14/h5-10,12H,3-4,11H2,1-2H3,(H,20,22). The molecule has 0 aliphatic carbocycles. The number of pyridine rings is 1. The zero-order chi connectivity index (χ0) is 15.9. The number of carbonyl (C=O) groups is 1. The van der Waals surface area contributed by atoms with Crippen molar-refractivity contribution in [3.05, 3.63) is 54.1 Å². The van der Waals surface area contributed by atoms with Crippen molar-refractivity contribution in [3.8, 4) is 0 Å². The van der Waals surface area contributed by atoms with Crippen molar-refractivity contribution in [1.82, 2.24) is 4.98 Å². The van der Waals surface area contributed by atoms with E-state index in [0.29, 0.717) is 11.4 Å². The number of carbonyl (C=O) groups excluding carboxylic acids is 1. The number of benzene rings is 1. The Hall–Kier alpha value is -2.43. The zero-order valence-electron chi connectivity index (χ0n) is 12.8. The van der Waals surface area contributed by atoms with Crippen molar-refractivity contribution < 1.29 is 9.18 Å². The van der Waals surface area contributed by atoms with Gasteiger partial charge in [-0.15, -0.1) is 0 Å². The average Bonchev–Trinajstić information content (AvgIpc) is 2.55. The smallest absolute Gasteiger partial charge is 0.274 e. The van der Waals surface area contributed by atoms with E-state index in [2.05, 4.69) is 22.1 Å². The van der Waals surface area contributed by atoms with Gasteiger partial charge in [-0.3, -0.25) is 4.79 Å². The number of unbranched alkanes of at least 4 members (excludes halogenated alkanes) is 1. The van der Waals surface area contributed by atoms with Gasteiger partial charge in [0.05, 0.1) is 11.9 Å². The molecular formula is C17H20FN3O. The van der Waals surface area contributed by atoms with Gasteiger partial charge in [-0.25, -0.2) is 9.37 Å². The van der Waals surface area contributed by atoms with E-state index in [9.17, 15) is 9.18 Å². The third-order valence-corrected chi connectivity index (χ3v) is 3.37. The first-order chi connectivity index (χ1) is 10.6. The van der Waals surface area contributed by atoms with Crippen LogP contribution in [0.4, 0.5) is 15.8 Å². The zero-order valence-corrected chi connectivity index (χ0v) is 12.8. The number of halogens is 1. The highest BCUT2D eigenvalue weighted by molar-refractivity contribution is 6.02. The number of hydrogen-bond donors (Lipinski definition) is 1. The lowest BCUT2D eigenvalue weighted by Gasteiger charge is -2.18. The molecule has 0 fully saturated rings. The highest BCUT2D eigenvalue weighted by Crippen LogP contribution is 2.14. The van der Waals surface area contributed by atoms with Gasteiger partial charge in [0.15, 0.2) is 0 Å². The number of anilines is 2. The maximum atomic E-state index is 12.8. The minimum absolute atomic E-state index is 0.311. The van der Waals surface area contributed by atoms with Gasteiger partial charge in [-0.1, -0.05) is 13.3 Å². The van der Waals surface area contributed by atoms with Gasteiger partial charge < -0.3 is 10.2 Å². The molecule has 0 aliphatic heterocycles. The van der Waals surface area contributed by atoms with E-state index >= 15 is 0 Å². The van der Waals surface area contributed by atoms with Crippen molar-refractivity contribution in [3.63, 3.8) is 0 Å². The minimum atomic E-state index is -0.337. The maximum absolute atomic E-state index is 12.8. The van der Waals surface area contributed by atoms with Gasteiger partial charge in [-0.05, 0) is 42.8 Å². The van der Waals surface area contributed by atoms with E-state index in [0.717, 1.165) is 25.1 Å². The summed E-state index contributed by atoms with van der Waals surface area (Å²) in [6.07, 6.45) is 3.94. The van der Waals surface area contributed by atoms with Crippen LogP contribution < -0.4 is 10.2 Å². The topological polar surface area (TPSA) is 45.2 Å². The molecule has 0 saturated heterocycles. The van der Waals surface area contributed by atoms with Crippen LogP contribution in [0.25, 0.3) is 0 Å². The number of rotatable bonds is 6. The number of nitrogens with zero attached hydrogens (tertiary/aromatic N) is 2. The quantitative estimate of drug-likeness (QED) is 0.884. The molecule has 0 bridgehead atoms. The Morgan fingerprint density at radius 2 is 1.95 bits per heavy atom. The summed E-state index contributed by atoms with van der Waals surface area (Å²) in [5.74, 6) is -0.648. The summed E-state index contributed by atoms with van der Waals surface area (Å²) < 4.78 is 12.8. The predicted molar refractivity (Wildman–Crippen MR) is 86.8 cm³/mol. The van der Waals surface area contributed by atoms with Crippen molar-refractivity contribution >= 4 is 17.3 Å². The molecule has 4 nitrogen and oxygen atoms in total. The molecule has 5 heteroatoms. The van der Waals surface area contributed by atoms with E-state index in [-0.39, 0.29) is 11.7 Å². The molecule has 0 spiro atoms. The molecule has 1 amide bonds. The van der Waals surface area contributed by atoms with E-state index < -0.39 is 0 Å². The monoisotopic (exact) mass is 301 g/mol. The van der Waals surface area contributed by atoms with Gasteiger partial charge in [0, 0.05) is 19.3 Å². The van der Waals surface area contributed by atoms with Gasteiger partial charge >= 0.3 is 0 Å². The molecule has 1 N–H and O–H groups in total. The Bertz CT molecular complexity index is 611. The first-order valence-electron chi connectivity index (χ1n) is 7.34. The van der Waals surface area contributed by atoms with Crippen LogP contribution in [-0.2, 0) is 0 Å². The average molecular weight is 301 g/mol. The molecule has 0 atom stereocenters. The fraction of sp³-hybridized carbons (Fsp3) is 0.294. The SMILES string of the molecule is CCCCN(C)c1ccc(C(=O)Nc2ccc(F)cc2)nc1. The van der Waals surface area contributed by atoms with Crippen LogP contribution in [0.3, 0.4) is 0 Å². The Morgan fingerprint density at radius 3 is 2.55 bits per heavy atom. The minimum Gasteiger partial charge on any atom is -0.373 e. The van der Waals surface area contributed by atoms with Gasteiger partial charge in [0.1, 0.15) is 11.5 Å². The molecule has 0 radical (unpaired) electrons. The van der Waals surface area contributed by atoms with Gasteiger partial charge in [-0.2, -0.15) is 0 Å². The van der Waals surface area contributed by atoms with Crippen molar-refractivity contribution in [2.45, 2.75) is 19.8 Å². The van der Waals surface area contributed by atoms with Crippen LogP contribution in [-0.4, -0.2) is 24.5 Å². The molecule has 22 heavy (non-hydrogen) atoms. The second-order valence-electron chi connectivity index (χ2n) is 5.14. The Labute approximate surface area is 130 Å². The molecule has 0 aliphatic rings. The van der Waals surface area contributed by atoms with Crippen LogP contribution in [0.2, 0.25) is 0 Å². The third-order valence-electron chi connectivity index (χ3n) is 3.37. The molecule has 2 aromatic rings. The molecular weight excluding hydrogens is 281 g/mol. The van der Waals surface area contributed by atoms with E-state index in [1.165, 1.54) is 24.3 Å². The summed E-state index contributed by atoms with van der Waals surface area (Å²) in [7, 11) is 2.00. The van der Waals surface area contributed by atoms with Crippen LogP contribution in [0.5, 0.6) is 0 Å². The first kappa shape index (κ1) is 15.9. The lowest BCUT2D eigenvalue weighted by Crippen LogP contribution is -2.19. The third kappa shape index (κ3) is 4.28. The van der Waals surface area contributed by atoms with Crippen LogP contribution in [0.15, 0.2) is 42.6 Å². The van der Waals surface area contributed by atoms with E-state index in [1.807, 2.05) is 13.1 Å². The van der Waals surface area contributed by atoms with Gasteiger partial charge in [0.2, 0.25) is 0 Å². The molecule has 2 rings (SSSR count). The Kier molecular flexibility index (Phi) is 5.47. The summed E-state index contributed by atoms with van der Waals surface area (Å²) in [4.78, 5) is 18.4. The number of aromatic nitrogens is 1. The molecule has 1 aromatic heterocycles. The second kappa shape index (κ2) is 7.54. The number of nitrogens with one attached hydrogen (secondary N) is 1. The summed E-state index contributed by atoms with van der Waals surface area (Å²) in [6, 6.07) is 9.20. The fourth-order valence-electron chi connectivity index (χ4n) is 2.00. The molecule has 0 saturated carbocycles. The van der Waals surface area contributed by atoms with Crippen LogP contribution in [0, 0.1) is 5.82 Å². The maximum Gasteiger partial charge on any atom is 0.274 e. The lowest BCUT2D eigenvalue weighted by atomic mass is 10.2. The first-order valence-corrected chi connectivity index (χ1v) is 7.34. The van der Waals surface area contributed by atoms with Crippen molar-refractivity contribution in [2.24, 2.45) is 0 Å². The van der Waals surface area contributed by atoms with Crippen LogP contribution in [0.1, 0.15) is 30.3 Å². The van der Waals surface area contributed by atoms with E-state index in [4.69, 9.17) is 0 Å². The molecule has 116 valence electrons. The largest absolute Gasteiger partial charge is 0.373 e. The highest BCUT2D eigenvalue weighted by atomic mass is 19.1. The lowest BCUT2D eigenvalue weighted by molar-refractivity contribution is 0.102. The Morgan fingerprint density at radius 1 is 1.23 bits per heavy atom. The van der Waals surface area contributed by atoms with Crippen molar-refractivity contribution in [1.29, 1.82) is 0 Å². The van der Waals surface area contributed by atoms with Gasteiger partial charge in [0.25, 0.3) is 5.91 Å². The number of hydrogen-bond acceptors (Lipinski definition) is 3. The Balaban J connectivity index is 2.00. The molecule has 0 unspecified atom stereocenters. The summed E-state index contributed by atoms with van der Waals surface area (Å²) >= 11 is 0. The van der Waals surface area contributed by atoms with Crippen molar-refractivity contribution in [2.75, 3.05) is 23.8 Å². The normalized spacial score (nSPS) is 10.3. The van der Waals surface area contributed by atoms with Crippen LogP contribution >= 0.6 is 0 Å².